The molecule has 2 aromatic rings. The van der Waals surface area contributed by atoms with Crippen LogP contribution in [0, 0.1) is 11.8 Å². The van der Waals surface area contributed by atoms with Crippen LogP contribution in [-0.2, 0) is 11.0 Å². The lowest BCUT2D eigenvalue weighted by molar-refractivity contribution is -0.137. The summed E-state index contributed by atoms with van der Waals surface area (Å²) in [6.45, 7) is 6.22. The summed E-state index contributed by atoms with van der Waals surface area (Å²) >= 11 is 1.74. The third kappa shape index (κ3) is 6.06. The Morgan fingerprint density at radius 2 is 1.88 bits per heavy atom. The molecule has 4 heterocycles. The molecule has 0 saturated carbocycles. The van der Waals surface area contributed by atoms with Crippen LogP contribution in [0.15, 0.2) is 35.8 Å². The number of hydrogen-bond donors (Lipinski definition) is 1. The van der Waals surface area contributed by atoms with Gasteiger partial charge in [0.05, 0.1) is 11.6 Å². The SMILES string of the molecule is CC1CCN(C(CNC(=O)C2CCN(c3ccc(C(F)(F)F)cn3)CC2)c2cccs2)CC1. The minimum absolute atomic E-state index is 0.0713. The highest BCUT2D eigenvalue weighted by atomic mass is 32.1. The van der Waals surface area contributed by atoms with Crippen molar-refractivity contribution in [2.24, 2.45) is 11.8 Å². The number of hydrogen-bond acceptors (Lipinski definition) is 5. The lowest BCUT2D eigenvalue weighted by atomic mass is 9.95. The van der Waals surface area contributed by atoms with Gasteiger partial charge in [0.25, 0.3) is 0 Å². The van der Waals surface area contributed by atoms with Crippen LogP contribution < -0.4 is 10.2 Å². The lowest BCUT2D eigenvalue weighted by Crippen LogP contribution is -2.45. The number of nitrogens with one attached hydrogen (secondary N) is 1. The van der Waals surface area contributed by atoms with Crippen LogP contribution in [0.4, 0.5) is 19.0 Å². The Bertz CT molecular complexity index is 887. The summed E-state index contributed by atoms with van der Waals surface area (Å²) in [5, 5.41) is 5.28. The van der Waals surface area contributed by atoms with Gasteiger partial charge in [-0.1, -0.05) is 13.0 Å². The molecule has 2 saturated heterocycles. The maximum atomic E-state index is 12.9. The summed E-state index contributed by atoms with van der Waals surface area (Å²) in [5.41, 5.74) is -0.746. The van der Waals surface area contributed by atoms with Gasteiger partial charge in [0.2, 0.25) is 5.91 Å². The molecule has 2 aliphatic rings. The van der Waals surface area contributed by atoms with E-state index in [9.17, 15) is 18.0 Å². The van der Waals surface area contributed by atoms with Crippen LogP contribution in [-0.4, -0.2) is 48.5 Å². The van der Waals surface area contributed by atoms with Crippen molar-refractivity contribution in [2.75, 3.05) is 37.6 Å². The maximum Gasteiger partial charge on any atom is 0.417 e. The van der Waals surface area contributed by atoms with Crippen LogP contribution in [0.1, 0.15) is 49.1 Å². The van der Waals surface area contributed by atoms with E-state index in [-0.39, 0.29) is 17.9 Å². The minimum Gasteiger partial charge on any atom is -0.357 e. The topological polar surface area (TPSA) is 48.5 Å². The number of anilines is 1. The number of carbonyl (C=O) groups is 1. The van der Waals surface area contributed by atoms with Crippen molar-refractivity contribution in [1.82, 2.24) is 15.2 Å². The summed E-state index contributed by atoms with van der Waals surface area (Å²) in [5.74, 6) is 1.27. The summed E-state index contributed by atoms with van der Waals surface area (Å²) in [7, 11) is 0. The molecule has 1 N–H and O–H groups in total. The first-order valence-electron chi connectivity index (χ1n) is 11.6. The molecule has 4 rings (SSSR count). The van der Waals surface area contributed by atoms with Crippen molar-refractivity contribution in [3.63, 3.8) is 0 Å². The zero-order chi connectivity index (χ0) is 23.4. The highest BCUT2D eigenvalue weighted by molar-refractivity contribution is 7.10. The number of nitrogens with zero attached hydrogens (tertiary/aromatic N) is 3. The van der Waals surface area contributed by atoms with Gasteiger partial charge in [0, 0.05) is 36.6 Å². The van der Waals surface area contributed by atoms with E-state index >= 15 is 0 Å². The van der Waals surface area contributed by atoms with E-state index in [2.05, 4.69) is 39.6 Å². The largest absolute Gasteiger partial charge is 0.417 e. The monoisotopic (exact) mass is 480 g/mol. The number of amides is 1. The molecule has 0 aromatic carbocycles. The second-order valence-electron chi connectivity index (χ2n) is 9.16. The smallest absolute Gasteiger partial charge is 0.357 e. The van der Waals surface area contributed by atoms with E-state index in [0.29, 0.717) is 38.3 Å². The second-order valence-corrected chi connectivity index (χ2v) is 10.1. The molecule has 0 radical (unpaired) electrons. The summed E-state index contributed by atoms with van der Waals surface area (Å²) in [4.78, 5) is 22.6. The fourth-order valence-electron chi connectivity index (χ4n) is 4.68. The Kier molecular flexibility index (Phi) is 7.58. The normalized spacial score (nSPS) is 20.1. The molecule has 180 valence electrons. The van der Waals surface area contributed by atoms with Gasteiger partial charge in [-0.15, -0.1) is 11.3 Å². The quantitative estimate of drug-likeness (QED) is 0.635. The molecule has 9 heteroatoms. The number of likely N-dealkylation sites (tertiary alicyclic amines) is 1. The Hall–Kier alpha value is -2.13. The number of alkyl halides is 3. The van der Waals surface area contributed by atoms with Crippen LogP contribution in [0.25, 0.3) is 0 Å². The molecule has 2 aliphatic heterocycles. The van der Waals surface area contributed by atoms with Crippen molar-refractivity contribution >= 4 is 23.1 Å². The molecular weight excluding hydrogens is 449 g/mol. The molecule has 1 amide bonds. The van der Waals surface area contributed by atoms with Crippen molar-refractivity contribution in [1.29, 1.82) is 0 Å². The Morgan fingerprint density at radius 3 is 2.45 bits per heavy atom. The number of carbonyl (C=O) groups excluding carboxylic acids is 1. The van der Waals surface area contributed by atoms with Gasteiger partial charge in [-0.05, 0) is 68.3 Å². The second kappa shape index (κ2) is 10.4. The predicted molar refractivity (Wildman–Crippen MR) is 124 cm³/mol. The number of aromatic nitrogens is 1. The van der Waals surface area contributed by atoms with E-state index in [1.807, 2.05) is 4.90 Å². The molecule has 2 fully saturated rings. The molecule has 1 atom stereocenters. The highest BCUT2D eigenvalue weighted by Crippen LogP contribution is 2.31. The summed E-state index contributed by atoms with van der Waals surface area (Å²) in [6, 6.07) is 6.89. The van der Waals surface area contributed by atoms with Gasteiger partial charge in [-0.3, -0.25) is 9.69 Å². The lowest BCUT2D eigenvalue weighted by Gasteiger charge is -2.37. The molecule has 5 nitrogen and oxygen atoms in total. The van der Waals surface area contributed by atoms with Crippen molar-refractivity contribution in [3.05, 3.63) is 46.3 Å². The van der Waals surface area contributed by atoms with Gasteiger partial charge in [0.1, 0.15) is 5.82 Å². The van der Waals surface area contributed by atoms with Crippen molar-refractivity contribution in [3.8, 4) is 0 Å². The highest BCUT2D eigenvalue weighted by Gasteiger charge is 2.32. The number of pyridine rings is 1. The first-order chi connectivity index (χ1) is 15.8. The zero-order valence-electron chi connectivity index (χ0n) is 18.9. The summed E-state index contributed by atoms with van der Waals surface area (Å²) < 4.78 is 38.3. The minimum atomic E-state index is -4.38. The molecule has 0 aliphatic carbocycles. The van der Waals surface area contributed by atoms with Gasteiger partial charge in [-0.25, -0.2) is 4.98 Å². The number of rotatable bonds is 6. The van der Waals surface area contributed by atoms with E-state index in [4.69, 9.17) is 0 Å². The Morgan fingerprint density at radius 1 is 1.15 bits per heavy atom. The van der Waals surface area contributed by atoms with Crippen LogP contribution in [0.2, 0.25) is 0 Å². The third-order valence-electron chi connectivity index (χ3n) is 6.87. The summed E-state index contributed by atoms with van der Waals surface area (Å²) in [6.07, 6.45) is 0.196. The van der Waals surface area contributed by atoms with Gasteiger partial charge in [0.15, 0.2) is 0 Å². The number of piperidine rings is 2. The average Bonchev–Trinajstić information content (AvgIpc) is 3.34. The third-order valence-corrected chi connectivity index (χ3v) is 7.84. The van der Waals surface area contributed by atoms with Crippen LogP contribution >= 0.6 is 11.3 Å². The first-order valence-corrected chi connectivity index (χ1v) is 12.5. The van der Waals surface area contributed by atoms with Crippen LogP contribution in [0.5, 0.6) is 0 Å². The molecule has 2 aromatic heterocycles. The van der Waals surface area contributed by atoms with Crippen LogP contribution in [0.3, 0.4) is 0 Å². The Balaban J connectivity index is 1.29. The Labute approximate surface area is 197 Å². The fourth-order valence-corrected chi connectivity index (χ4v) is 5.54. The van der Waals surface area contributed by atoms with Gasteiger partial charge >= 0.3 is 6.18 Å². The molecule has 0 bridgehead atoms. The standard InChI is InChI=1S/C24H31F3N4OS/c1-17-6-10-30(11-7-17)20(21-3-2-14-33-21)16-29-23(32)18-8-12-31(13-9-18)22-5-4-19(15-28-22)24(25,26)27/h2-5,14-15,17-18,20H,6-13,16H2,1H3,(H,29,32). The van der Waals surface area contributed by atoms with Gasteiger partial charge < -0.3 is 10.2 Å². The molecule has 33 heavy (non-hydrogen) atoms. The van der Waals surface area contributed by atoms with Crippen molar-refractivity contribution in [2.45, 2.75) is 44.8 Å². The van der Waals surface area contributed by atoms with Gasteiger partial charge in [-0.2, -0.15) is 13.2 Å². The van der Waals surface area contributed by atoms with E-state index in [1.165, 1.54) is 23.8 Å². The van der Waals surface area contributed by atoms with E-state index in [1.54, 1.807) is 11.3 Å². The average molecular weight is 481 g/mol. The van der Waals surface area contributed by atoms with Crippen molar-refractivity contribution < 1.29 is 18.0 Å². The zero-order valence-corrected chi connectivity index (χ0v) is 19.7. The molecule has 1 unspecified atom stereocenters. The molecular formula is C24H31F3N4OS. The molecule has 0 spiro atoms. The van der Waals surface area contributed by atoms with E-state index < -0.39 is 11.7 Å². The number of halogens is 3. The number of thiophene rings is 1. The van der Waals surface area contributed by atoms with E-state index in [0.717, 1.165) is 31.3 Å². The first kappa shape index (κ1) is 24.0. The predicted octanol–water partition coefficient (Wildman–Crippen LogP) is 4.97. The fraction of sp³-hybridized carbons (Fsp3) is 0.583. The maximum absolute atomic E-state index is 12.9.